The number of amides is 1. The van der Waals surface area contributed by atoms with E-state index in [1.54, 1.807) is 0 Å². The van der Waals surface area contributed by atoms with Crippen LogP contribution in [0.2, 0.25) is 0 Å². The van der Waals surface area contributed by atoms with E-state index in [0.29, 0.717) is 0 Å². The molecule has 1 unspecified atom stereocenters. The molecule has 3 rings (SSSR count). The van der Waals surface area contributed by atoms with E-state index in [2.05, 4.69) is 55.0 Å². The first-order valence-corrected chi connectivity index (χ1v) is 9.36. The van der Waals surface area contributed by atoms with Crippen LogP contribution in [0, 0.1) is 6.92 Å². The minimum absolute atomic E-state index is 0.0230. The fourth-order valence-electron chi connectivity index (χ4n) is 3.39. The van der Waals surface area contributed by atoms with Crippen molar-refractivity contribution >= 4 is 5.91 Å². The van der Waals surface area contributed by atoms with E-state index in [4.69, 9.17) is 0 Å². The predicted molar refractivity (Wildman–Crippen MR) is 105 cm³/mol. The van der Waals surface area contributed by atoms with E-state index in [1.165, 1.54) is 16.7 Å². The summed E-state index contributed by atoms with van der Waals surface area (Å²) in [4.78, 5) is 19.2. The Morgan fingerprint density at radius 3 is 2.62 bits per heavy atom. The van der Waals surface area contributed by atoms with Gasteiger partial charge in [-0.05, 0) is 53.6 Å². The van der Waals surface area contributed by atoms with Crippen LogP contribution in [0.5, 0.6) is 0 Å². The lowest BCUT2D eigenvalue weighted by Gasteiger charge is -2.20. The van der Waals surface area contributed by atoms with E-state index >= 15 is 0 Å². The van der Waals surface area contributed by atoms with E-state index in [0.717, 1.165) is 31.6 Å². The summed E-state index contributed by atoms with van der Waals surface area (Å²) < 4.78 is 0. The molecule has 26 heavy (non-hydrogen) atoms. The van der Waals surface area contributed by atoms with Crippen molar-refractivity contribution in [1.82, 2.24) is 15.2 Å². The number of aromatic nitrogens is 1. The Bertz CT molecular complexity index is 762. The second-order valence-corrected chi connectivity index (χ2v) is 8.32. The van der Waals surface area contributed by atoms with Gasteiger partial charge in [-0.3, -0.25) is 14.7 Å². The summed E-state index contributed by atoms with van der Waals surface area (Å²) in [5.74, 6) is 0.0230. The Kier molecular flexibility index (Phi) is 5.42. The van der Waals surface area contributed by atoms with Crippen LogP contribution >= 0.6 is 0 Å². The van der Waals surface area contributed by atoms with Crippen molar-refractivity contribution < 1.29 is 4.79 Å². The van der Waals surface area contributed by atoms with Crippen molar-refractivity contribution in [3.05, 3.63) is 65.0 Å². The Morgan fingerprint density at radius 2 is 1.96 bits per heavy atom. The largest absolute Gasteiger partial charge is 0.348 e. The third-order valence-corrected chi connectivity index (χ3v) is 5.16. The van der Waals surface area contributed by atoms with Crippen molar-refractivity contribution in [2.75, 3.05) is 13.1 Å². The van der Waals surface area contributed by atoms with Gasteiger partial charge in [0.1, 0.15) is 0 Å². The second-order valence-electron chi connectivity index (χ2n) is 8.32. The standard InChI is InChI=1S/C22H29N3O/c1-16-9-11-23-13-18(16)14-25-12-10-20(15-25)24-21(26)17-5-7-19(8-6-17)22(2,3)4/h5-9,11,13,20H,10,12,14-15H2,1-4H3,(H,24,26). The van der Waals surface area contributed by atoms with Gasteiger partial charge in [0.15, 0.2) is 0 Å². The lowest BCUT2D eigenvalue weighted by atomic mass is 9.86. The zero-order chi connectivity index (χ0) is 18.7. The maximum Gasteiger partial charge on any atom is 0.251 e. The smallest absolute Gasteiger partial charge is 0.251 e. The van der Waals surface area contributed by atoms with Crippen LogP contribution in [0.25, 0.3) is 0 Å². The van der Waals surface area contributed by atoms with Crippen LogP contribution in [0.15, 0.2) is 42.7 Å². The van der Waals surface area contributed by atoms with E-state index in [-0.39, 0.29) is 17.4 Å². The van der Waals surface area contributed by atoms with Crippen LogP contribution in [0.4, 0.5) is 0 Å². The number of pyridine rings is 1. The molecule has 0 radical (unpaired) electrons. The molecule has 1 amide bonds. The Hall–Kier alpha value is -2.20. The first-order chi connectivity index (χ1) is 12.3. The average Bonchev–Trinajstić information content (AvgIpc) is 3.03. The third kappa shape index (κ3) is 4.50. The molecule has 0 spiro atoms. The molecule has 4 heteroatoms. The van der Waals surface area contributed by atoms with Gasteiger partial charge in [-0.15, -0.1) is 0 Å². The lowest BCUT2D eigenvalue weighted by molar-refractivity contribution is 0.0937. The highest BCUT2D eigenvalue weighted by atomic mass is 16.1. The Balaban J connectivity index is 1.55. The van der Waals surface area contributed by atoms with E-state index < -0.39 is 0 Å². The number of rotatable bonds is 4. The van der Waals surface area contributed by atoms with E-state index in [9.17, 15) is 4.79 Å². The summed E-state index contributed by atoms with van der Waals surface area (Å²) in [7, 11) is 0. The molecule has 1 aromatic carbocycles. The van der Waals surface area contributed by atoms with Crippen LogP contribution < -0.4 is 5.32 Å². The van der Waals surface area contributed by atoms with Crippen molar-refractivity contribution in [1.29, 1.82) is 0 Å². The van der Waals surface area contributed by atoms with Gasteiger partial charge in [0.2, 0.25) is 0 Å². The Morgan fingerprint density at radius 1 is 1.23 bits per heavy atom. The monoisotopic (exact) mass is 351 g/mol. The van der Waals surface area contributed by atoms with Gasteiger partial charge in [0, 0.05) is 43.6 Å². The highest BCUT2D eigenvalue weighted by Gasteiger charge is 2.24. The number of aryl methyl sites for hydroxylation is 1. The number of nitrogens with zero attached hydrogens (tertiary/aromatic N) is 2. The zero-order valence-corrected chi connectivity index (χ0v) is 16.2. The number of carbonyl (C=O) groups excluding carboxylic acids is 1. The molecule has 1 aliphatic rings. The summed E-state index contributed by atoms with van der Waals surface area (Å²) in [5, 5.41) is 3.19. The number of hydrogen-bond donors (Lipinski definition) is 1. The number of carbonyl (C=O) groups is 1. The summed E-state index contributed by atoms with van der Waals surface area (Å²) in [5.41, 5.74) is 4.61. The number of likely N-dealkylation sites (tertiary alicyclic amines) is 1. The van der Waals surface area contributed by atoms with Crippen molar-refractivity contribution in [3.8, 4) is 0 Å². The second kappa shape index (κ2) is 7.58. The SMILES string of the molecule is Cc1ccncc1CN1CCC(NC(=O)c2ccc(C(C)(C)C)cc2)C1. The van der Waals surface area contributed by atoms with Gasteiger partial charge in [0.25, 0.3) is 5.91 Å². The van der Waals surface area contributed by atoms with Crippen LogP contribution in [-0.2, 0) is 12.0 Å². The molecule has 2 heterocycles. The third-order valence-electron chi connectivity index (χ3n) is 5.16. The minimum atomic E-state index is 0.0230. The fourth-order valence-corrected chi connectivity index (χ4v) is 3.39. The number of nitrogens with one attached hydrogen (secondary N) is 1. The lowest BCUT2D eigenvalue weighted by Crippen LogP contribution is -2.37. The van der Waals surface area contributed by atoms with Gasteiger partial charge < -0.3 is 5.32 Å². The summed E-state index contributed by atoms with van der Waals surface area (Å²) >= 11 is 0. The molecular weight excluding hydrogens is 322 g/mol. The molecule has 2 aromatic rings. The quantitative estimate of drug-likeness (QED) is 0.914. The summed E-state index contributed by atoms with van der Waals surface area (Å²) in [6.45, 7) is 11.4. The molecule has 0 saturated carbocycles. The molecule has 1 saturated heterocycles. The molecule has 0 aliphatic carbocycles. The van der Waals surface area contributed by atoms with E-state index in [1.807, 2.05) is 30.6 Å². The van der Waals surface area contributed by atoms with Gasteiger partial charge in [-0.1, -0.05) is 32.9 Å². The van der Waals surface area contributed by atoms with Crippen molar-refractivity contribution in [2.24, 2.45) is 0 Å². The zero-order valence-electron chi connectivity index (χ0n) is 16.2. The predicted octanol–water partition coefficient (Wildman–Crippen LogP) is 3.69. The Labute approximate surface area is 156 Å². The molecule has 1 aromatic heterocycles. The van der Waals surface area contributed by atoms with Crippen molar-refractivity contribution in [3.63, 3.8) is 0 Å². The molecule has 1 atom stereocenters. The summed E-state index contributed by atoms with van der Waals surface area (Å²) in [6, 6.07) is 10.2. The maximum atomic E-state index is 12.5. The molecule has 0 bridgehead atoms. The topological polar surface area (TPSA) is 45.2 Å². The highest BCUT2D eigenvalue weighted by molar-refractivity contribution is 5.94. The van der Waals surface area contributed by atoms with Gasteiger partial charge in [0.05, 0.1) is 0 Å². The van der Waals surface area contributed by atoms with Gasteiger partial charge >= 0.3 is 0 Å². The van der Waals surface area contributed by atoms with Crippen LogP contribution in [0.3, 0.4) is 0 Å². The first-order valence-electron chi connectivity index (χ1n) is 9.36. The van der Waals surface area contributed by atoms with Crippen LogP contribution in [0.1, 0.15) is 54.2 Å². The molecular formula is C22H29N3O. The molecule has 4 nitrogen and oxygen atoms in total. The molecule has 1 N–H and O–H groups in total. The number of hydrogen-bond acceptors (Lipinski definition) is 3. The van der Waals surface area contributed by atoms with Crippen molar-refractivity contribution in [2.45, 2.75) is 52.1 Å². The minimum Gasteiger partial charge on any atom is -0.348 e. The number of benzene rings is 1. The van der Waals surface area contributed by atoms with Gasteiger partial charge in [-0.25, -0.2) is 0 Å². The molecule has 1 aliphatic heterocycles. The van der Waals surface area contributed by atoms with Crippen LogP contribution in [-0.4, -0.2) is 34.9 Å². The molecule has 1 fully saturated rings. The average molecular weight is 351 g/mol. The normalized spacial score (nSPS) is 18.1. The first kappa shape index (κ1) is 18.6. The fraction of sp³-hybridized carbons (Fsp3) is 0.455. The highest BCUT2D eigenvalue weighted by Crippen LogP contribution is 2.22. The van der Waals surface area contributed by atoms with Gasteiger partial charge in [-0.2, -0.15) is 0 Å². The maximum absolute atomic E-state index is 12.5. The summed E-state index contributed by atoms with van der Waals surface area (Å²) in [6.07, 6.45) is 4.76. The molecule has 138 valence electrons.